The zero-order valence-corrected chi connectivity index (χ0v) is 12.7. The lowest BCUT2D eigenvalue weighted by molar-refractivity contribution is -0.142. The number of urea groups is 1. The van der Waals surface area contributed by atoms with Crippen LogP contribution in [0.4, 0.5) is 4.79 Å². The molecule has 0 bridgehead atoms. The summed E-state index contributed by atoms with van der Waals surface area (Å²) in [5.41, 5.74) is 0. The Morgan fingerprint density at radius 3 is 2.81 bits per heavy atom. The molecule has 0 aromatic carbocycles. The van der Waals surface area contributed by atoms with Crippen molar-refractivity contribution in [1.29, 1.82) is 0 Å². The van der Waals surface area contributed by atoms with E-state index in [2.05, 4.69) is 17.1 Å². The van der Waals surface area contributed by atoms with Crippen molar-refractivity contribution >= 4 is 12.0 Å². The van der Waals surface area contributed by atoms with E-state index in [1.54, 1.807) is 0 Å². The van der Waals surface area contributed by atoms with Gasteiger partial charge in [0.1, 0.15) is 6.04 Å². The molecule has 3 atom stereocenters. The number of rotatable bonds is 4. The highest BCUT2D eigenvalue weighted by molar-refractivity contribution is 5.83. The Balaban J connectivity index is 1.83. The summed E-state index contributed by atoms with van der Waals surface area (Å²) in [6.45, 7) is 8.26. The molecule has 2 N–H and O–H groups in total. The molecule has 7 heteroatoms. The van der Waals surface area contributed by atoms with Gasteiger partial charge in [-0.1, -0.05) is 13.8 Å². The van der Waals surface area contributed by atoms with E-state index < -0.39 is 12.0 Å². The third kappa shape index (κ3) is 3.85. The van der Waals surface area contributed by atoms with Crippen LogP contribution in [0, 0.1) is 5.92 Å². The second-order valence-corrected chi connectivity index (χ2v) is 5.81. The van der Waals surface area contributed by atoms with Gasteiger partial charge in [0.15, 0.2) is 0 Å². The fraction of sp³-hybridized carbons (Fsp3) is 0.857. The molecule has 2 fully saturated rings. The van der Waals surface area contributed by atoms with Crippen LogP contribution in [-0.4, -0.2) is 78.4 Å². The standard InChI is InChI=1S/C14H25N3O4/c1-3-16-6-7-21-11(9-16)8-15-14(20)17-5-4-10(2)12(17)13(18)19/h10-12H,3-9H2,1-2H3,(H,15,20)(H,18,19). The number of nitrogens with zero attached hydrogens (tertiary/aromatic N) is 2. The van der Waals surface area contributed by atoms with Crippen molar-refractivity contribution in [3.05, 3.63) is 0 Å². The Hall–Kier alpha value is -1.34. The maximum Gasteiger partial charge on any atom is 0.326 e. The van der Waals surface area contributed by atoms with E-state index in [0.29, 0.717) is 19.7 Å². The first-order chi connectivity index (χ1) is 10.0. The molecule has 0 aliphatic carbocycles. The molecule has 2 amide bonds. The molecule has 2 saturated heterocycles. The molecule has 2 heterocycles. The van der Waals surface area contributed by atoms with Gasteiger partial charge in [-0.3, -0.25) is 4.90 Å². The quantitative estimate of drug-likeness (QED) is 0.775. The molecule has 120 valence electrons. The smallest absolute Gasteiger partial charge is 0.326 e. The molecule has 0 spiro atoms. The first-order valence-electron chi connectivity index (χ1n) is 7.64. The summed E-state index contributed by atoms with van der Waals surface area (Å²) in [6, 6.07) is -1.02. The predicted molar refractivity (Wildman–Crippen MR) is 77.2 cm³/mol. The van der Waals surface area contributed by atoms with Gasteiger partial charge in [-0.25, -0.2) is 9.59 Å². The van der Waals surface area contributed by atoms with Crippen LogP contribution in [0.15, 0.2) is 0 Å². The number of carboxylic acids is 1. The number of carbonyl (C=O) groups is 2. The second-order valence-electron chi connectivity index (χ2n) is 5.81. The topological polar surface area (TPSA) is 82.1 Å². The number of hydrogen-bond acceptors (Lipinski definition) is 4. The van der Waals surface area contributed by atoms with Crippen LogP contribution in [-0.2, 0) is 9.53 Å². The SMILES string of the molecule is CCN1CCOC(CNC(=O)N2CCC(C)C2C(=O)O)C1. The first kappa shape index (κ1) is 16.0. The minimum absolute atomic E-state index is 0.00485. The van der Waals surface area contributed by atoms with Crippen LogP contribution in [0.25, 0.3) is 0 Å². The molecule has 2 aliphatic heterocycles. The number of likely N-dealkylation sites (tertiary alicyclic amines) is 1. The van der Waals surface area contributed by atoms with Gasteiger partial charge in [0.25, 0.3) is 0 Å². The molecule has 0 saturated carbocycles. The average Bonchev–Trinajstić information content (AvgIpc) is 2.87. The van der Waals surface area contributed by atoms with E-state index in [1.165, 1.54) is 4.90 Å². The van der Waals surface area contributed by atoms with Gasteiger partial charge in [-0.15, -0.1) is 0 Å². The van der Waals surface area contributed by atoms with Gasteiger partial charge >= 0.3 is 12.0 Å². The number of ether oxygens (including phenoxy) is 1. The molecule has 3 unspecified atom stereocenters. The summed E-state index contributed by atoms with van der Waals surface area (Å²) in [4.78, 5) is 27.1. The molecular weight excluding hydrogens is 274 g/mol. The van der Waals surface area contributed by atoms with E-state index in [1.807, 2.05) is 6.92 Å². The zero-order valence-electron chi connectivity index (χ0n) is 12.7. The van der Waals surface area contributed by atoms with E-state index in [0.717, 1.165) is 26.1 Å². The van der Waals surface area contributed by atoms with Gasteiger partial charge in [0.2, 0.25) is 0 Å². The maximum absolute atomic E-state index is 12.2. The normalized spacial score (nSPS) is 30.4. The summed E-state index contributed by atoms with van der Waals surface area (Å²) >= 11 is 0. The zero-order chi connectivity index (χ0) is 15.4. The minimum atomic E-state index is -0.929. The van der Waals surface area contributed by atoms with Crippen molar-refractivity contribution in [3.8, 4) is 0 Å². The number of amides is 2. The lowest BCUT2D eigenvalue weighted by Gasteiger charge is -2.32. The Bertz CT molecular complexity index is 390. The molecule has 2 aliphatic rings. The molecule has 0 aromatic rings. The lowest BCUT2D eigenvalue weighted by Crippen LogP contribution is -2.52. The van der Waals surface area contributed by atoms with Crippen LogP contribution in [0.3, 0.4) is 0 Å². The molecule has 0 aromatic heterocycles. The number of carboxylic acid groups (broad SMARTS) is 1. The van der Waals surface area contributed by atoms with Crippen molar-refractivity contribution in [3.63, 3.8) is 0 Å². The fourth-order valence-electron chi connectivity index (χ4n) is 3.05. The molecular formula is C14H25N3O4. The van der Waals surface area contributed by atoms with Crippen molar-refractivity contribution in [2.75, 3.05) is 39.3 Å². The summed E-state index contributed by atoms with van der Waals surface area (Å²) in [6.07, 6.45) is 0.708. The van der Waals surface area contributed by atoms with Gasteiger partial charge in [-0.05, 0) is 18.9 Å². The van der Waals surface area contributed by atoms with Crippen molar-refractivity contribution in [2.45, 2.75) is 32.4 Å². The Labute approximate surface area is 125 Å². The number of morpholine rings is 1. The Morgan fingerprint density at radius 1 is 1.38 bits per heavy atom. The van der Waals surface area contributed by atoms with Crippen LogP contribution in [0.2, 0.25) is 0 Å². The Kier molecular flexibility index (Phi) is 5.41. The van der Waals surface area contributed by atoms with Gasteiger partial charge in [0.05, 0.1) is 12.7 Å². The van der Waals surface area contributed by atoms with Crippen LogP contribution in [0.1, 0.15) is 20.3 Å². The average molecular weight is 299 g/mol. The predicted octanol–water partition coefficient (Wildman–Crippen LogP) is 0.212. The summed E-state index contributed by atoms with van der Waals surface area (Å²) < 4.78 is 5.63. The Morgan fingerprint density at radius 2 is 2.14 bits per heavy atom. The minimum Gasteiger partial charge on any atom is -0.480 e. The van der Waals surface area contributed by atoms with Gasteiger partial charge in [0, 0.05) is 26.2 Å². The van der Waals surface area contributed by atoms with Crippen LogP contribution >= 0.6 is 0 Å². The largest absolute Gasteiger partial charge is 0.480 e. The highest BCUT2D eigenvalue weighted by Gasteiger charge is 2.39. The third-order valence-electron chi connectivity index (χ3n) is 4.37. The monoisotopic (exact) mass is 299 g/mol. The van der Waals surface area contributed by atoms with Crippen LogP contribution < -0.4 is 5.32 Å². The molecule has 0 radical (unpaired) electrons. The van der Waals surface area contributed by atoms with E-state index in [-0.39, 0.29) is 18.1 Å². The number of aliphatic carboxylic acids is 1. The molecule has 7 nitrogen and oxygen atoms in total. The van der Waals surface area contributed by atoms with Crippen molar-refractivity contribution in [2.24, 2.45) is 5.92 Å². The first-order valence-corrected chi connectivity index (χ1v) is 7.64. The van der Waals surface area contributed by atoms with E-state index >= 15 is 0 Å². The van der Waals surface area contributed by atoms with Crippen molar-refractivity contribution < 1.29 is 19.4 Å². The molecule has 2 rings (SSSR count). The lowest BCUT2D eigenvalue weighted by atomic mass is 10.0. The number of carbonyl (C=O) groups excluding carboxylic acids is 1. The number of likely N-dealkylation sites (N-methyl/N-ethyl adjacent to an activating group) is 1. The summed E-state index contributed by atoms with van der Waals surface area (Å²) in [7, 11) is 0. The van der Waals surface area contributed by atoms with E-state index in [9.17, 15) is 14.7 Å². The third-order valence-corrected chi connectivity index (χ3v) is 4.37. The number of hydrogen-bond donors (Lipinski definition) is 2. The maximum atomic E-state index is 12.2. The highest BCUT2D eigenvalue weighted by atomic mass is 16.5. The second kappa shape index (κ2) is 7.09. The number of nitrogens with one attached hydrogen (secondary N) is 1. The molecule has 21 heavy (non-hydrogen) atoms. The summed E-state index contributed by atoms with van der Waals surface area (Å²) in [5, 5.41) is 12.0. The van der Waals surface area contributed by atoms with Gasteiger partial charge < -0.3 is 20.1 Å². The van der Waals surface area contributed by atoms with Crippen molar-refractivity contribution in [1.82, 2.24) is 15.1 Å². The van der Waals surface area contributed by atoms with Crippen LogP contribution in [0.5, 0.6) is 0 Å². The fourth-order valence-corrected chi connectivity index (χ4v) is 3.05. The van der Waals surface area contributed by atoms with Gasteiger partial charge in [-0.2, -0.15) is 0 Å². The van der Waals surface area contributed by atoms with E-state index in [4.69, 9.17) is 4.74 Å². The summed E-state index contributed by atoms with van der Waals surface area (Å²) in [5.74, 6) is -0.934. The highest BCUT2D eigenvalue weighted by Crippen LogP contribution is 2.24.